The fourth-order valence-electron chi connectivity index (χ4n) is 3.26. The SMILES string of the molecule is CC(C)OC(=O)c1c(NC(=O)c2nn(C)c(C(F)(F)F)c2Cl)sc2c1CCCC2. The van der Waals surface area contributed by atoms with Gasteiger partial charge in [0.25, 0.3) is 5.91 Å². The van der Waals surface area contributed by atoms with Crippen LogP contribution in [0.2, 0.25) is 5.02 Å². The van der Waals surface area contributed by atoms with Crippen LogP contribution in [0.25, 0.3) is 0 Å². The minimum absolute atomic E-state index is 0.239. The lowest BCUT2D eigenvalue weighted by Crippen LogP contribution is -2.18. The number of aryl methyl sites for hydroxylation is 2. The van der Waals surface area contributed by atoms with Crippen molar-refractivity contribution in [1.82, 2.24) is 9.78 Å². The van der Waals surface area contributed by atoms with Crippen LogP contribution in [-0.2, 0) is 30.8 Å². The molecule has 0 bridgehead atoms. The maximum Gasteiger partial charge on any atom is 0.434 e. The molecule has 11 heteroatoms. The normalized spacial score (nSPS) is 14.1. The fraction of sp³-hybridized carbons (Fsp3) is 0.500. The summed E-state index contributed by atoms with van der Waals surface area (Å²) in [5.41, 5.74) is -0.689. The fourth-order valence-corrected chi connectivity index (χ4v) is 4.88. The lowest BCUT2D eigenvalue weighted by Gasteiger charge is -2.14. The summed E-state index contributed by atoms with van der Waals surface area (Å²) in [6.45, 7) is 3.42. The topological polar surface area (TPSA) is 73.2 Å². The number of ether oxygens (including phenoxy) is 1. The molecule has 0 spiro atoms. The summed E-state index contributed by atoms with van der Waals surface area (Å²) < 4.78 is 45.2. The van der Waals surface area contributed by atoms with E-state index in [2.05, 4.69) is 10.4 Å². The number of nitrogens with zero attached hydrogens (tertiary/aromatic N) is 2. The predicted molar refractivity (Wildman–Crippen MR) is 103 cm³/mol. The lowest BCUT2D eigenvalue weighted by molar-refractivity contribution is -0.143. The second kappa shape index (κ2) is 7.98. The van der Waals surface area contributed by atoms with Gasteiger partial charge in [-0.05, 0) is 45.1 Å². The number of halogens is 4. The van der Waals surface area contributed by atoms with E-state index in [9.17, 15) is 22.8 Å². The highest BCUT2D eigenvalue weighted by atomic mass is 35.5. The molecule has 0 unspecified atom stereocenters. The maximum absolute atomic E-state index is 13.1. The molecule has 2 heterocycles. The highest BCUT2D eigenvalue weighted by Crippen LogP contribution is 2.40. The van der Waals surface area contributed by atoms with Crippen molar-refractivity contribution in [2.75, 3.05) is 5.32 Å². The highest BCUT2D eigenvalue weighted by molar-refractivity contribution is 7.17. The molecule has 0 atom stereocenters. The molecule has 158 valence electrons. The smallest absolute Gasteiger partial charge is 0.434 e. The third kappa shape index (κ3) is 4.28. The van der Waals surface area contributed by atoms with Crippen molar-refractivity contribution in [2.45, 2.75) is 51.8 Å². The molecular weight excluding hydrogens is 431 g/mol. The Kier molecular flexibility index (Phi) is 5.96. The van der Waals surface area contributed by atoms with Gasteiger partial charge < -0.3 is 10.1 Å². The van der Waals surface area contributed by atoms with Crippen molar-refractivity contribution < 1.29 is 27.5 Å². The zero-order chi connectivity index (χ0) is 21.5. The first-order valence-corrected chi connectivity index (χ1v) is 10.2. The zero-order valence-electron chi connectivity index (χ0n) is 15.9. The monoisotopic (exact) mass is 449 g/mol. The standard InChI is InChI=1S/C18H19ClF3N3O3S/c1-8(2)28-17(27)11-9-6-4-5-7-10(9)29-16(11)23-15(26)13-12(19)14(18(20,21)22)25(3)24-13/h8H,4-7H2,1-3H3,(H,23,26). The van der Waals surface area contributed by atoms with E-state index in [0.717, 1.165) is 36.8 Å². The Labute approximate surface area is 174 Å². The molecule has 0 saturated carbocycles. The van der Waals surface area contributed by atoms with Crippen LogP contribution >= 0.6 is 22.9 Å². The van der Waals surface area contributed by atoms with Crippen LogP contribution in [-0.4, -0.2) is 27.8 Å². The number of hydrogen-bond donors (Lipinski definition) is 1. The van der Waals surface area contributed by atoms with Crippen molar-refractivity contribution in [1.29, 1.82) is 0 Å². The van der Waals surface area contributed by atoms with Crippen molar-refractivity contribution >= 4 is 39.8 Å². The Hall–Kier alpha value is -2.07. The number of amides is 1. The number of fused-ring (bicyclic) bond motifs is 1. The number of rotatable bonds is 4. The molecule has 0 saturated heterocycles. The minimum atomic E-state index is -4.76. The molecule has 1 N–H and O–H groups in total. The second-order valence-electron chi connectivity index (χ2n) is 6.96. The van der Waals surface area contributed by atoms with E-state index in [-0.39, 0.29) is 16.7 Å². The molecule has 3 rings (SSSR count). The van der Waals surface area contributed by atoms with Crippen LogP contribution in [0, 0.1) is 0 Å². The molecule has 1 aliphatic carbocycles. The third-order valence-corrected chi connectivity index (χ3v) is 5.98. The molecule has 29 heavy (non-hydrogen) atoms. The molecule has 1 amide bonds. The molecule has 2 aromatic heterocycles. The number of carbonyl (C=O) groups excluding carboxylic acids is 2. The molecule has 0 fully saturated rings. The van der Waals surface area contributed by atoms with Gasteiger partial charge in [0.1, 0.15) is 10.0 Å². The van der Waals surface area contributed by atoms with Crippen molar-refractivity contribution in [3.05, 3.63) is 32.4 Å². The van der Waals surface area contributed by atoms with Gasteiger partial charge in [-0.2, -0.15) is 18.3 Å². The Morgan fingerprint density at radius 2 is 1.93 bits per heavy atom. The lowest BCUT2D eigenvalue weighted by atomic mass is 9.95. The first-order chi connectivity index (χ1) is 13.5. The predicted octanol–water partition coefficient (Wildman–Crippen LogP) is 4.85. The number of esters is 1. The molecular formula is C18H19ClF3N3O3S. The molecule has 0 aliphatic heterocycles. The number of aromatic nitrogens is 2. The number of anilines is 1. The summed E-state index contributed by atoms with van der Waals surface area (Å²) in [7, 11) is 1.06. The largest absolute Gasteiger partial charge is 0.459 e. The average molecular weight is 450 g/mol. The van der Waals surface area contributed by atoms with E-state index < -0.39 is 34.5 Å². The van der Waals surface area contributed by atoms with Gasteiger partial charge in [0, 0.05) is 11.9 Å². The summed E-state index contributed by atoms with van der Waals surface area (Å²) in [4.78, 5) is 26.2. The van der Waals surface area contributed by atoms with Gasteiger partial charge in [0.15, 0.2) is 11.4 Å². The third-order valence-electron chi connectivity index (χ3n) is 4.42. The van der Waals surface area contributed by atoms with Gasteiger partial charge in [0.2, 0.25) is 0 Å². The number of alkyl halides is 3. The Bertz CT molecular complexity index is 966. The van der Waals surface area contributed by atoms with Crippen molar-refractivity contribution in [3.8, 4) is 0 Å². The van der Waals surface area contributed by atoms with Gasteiger partial charge in [-0.3, -0.25) is 9.48 Å². The number of carbonyl (C=O) groups is 2. The summed E-state index contributed by atoms with van der Waals surface area (Å²) in [5, 5.41) is 5.59. The number of thiophene rings is 1. The molecule has 2 aromatic rings. The first-order valence-electron chi connectivity index (χ1n) is 8.97. The van der Waals surface area contributed by atoms with Crippen LogP contribution in [0.5, 0.6) is 0 Å². The highest BCUT2D eigenvalue weighted by Gasteiger charge is 2.40. The van der Waals surface area contributed by atoms with Crippen LogP contribution in [0.15, 0.2) is 0 Å². The minimum Gasteiger partial charge on any atom is -0.459 e. The van der Waals surface area contributed by atoms with Gasteiger partial charge in [-0.25, -0.2) is 4.79 Å². The van der Waals surface area contributed by atoms with Gasteiger partial charge in [-0.1, -0.05) is 11.6 Å². The molecule has 0 aromatic carbocycles. The Morgan fingerprint density at radius 3 is 2.52 bits per heavy atom. The van der Waals surface area contributed by atoms with Crippen LogP contribution in [0.4, 0.5) is 18.2 Å². The van der Waals surface area contributed by atoms with Crippen LogP contribution < -0.4 is 5.32 Å². The summed E-state index contributed by atoms with van der Waals surface area (Å²) in [6.07, 6.45) is -1.82. The van der Waals surface area contributed by atoms with Gasteiger partial charge in [-0.15, -0.1) is 11.3 Å². The Balaban J connectivity index is 1.97. The van der Waals surface area contributed by atoms with Crippen molar-refractivity contribution in [3.63, 3.8) is 0 Å². The van der Waals surface area contributed by atoms with E-state index in [4.69, 9.17) is 16.3 Å². The van der Waals surface area contributed by atoms with E-state index in [1.807, 2.05) is 0 Å². The van der Waals surface area contributed by atoms with E-state index in [1.54, 1.807) is 13.8 Å². The zero-order valence-corrected chi connectivity index (χ0v) is 17.5. The van der Waals surface area contributed by atoms with Gasteiger partial charge in [0.05, 0.1) is 11.7 Å². The van der Waals surface area contributed by atoms with Crippen LogP contribution in [0.3, 0.4) is 0 Å². The van der Waals surface area contributed by atoms with Crippen molar-refractivity contribution in [2.24, 2.45) is 7.05 Å². The average Bonchev–Trinajstić information content (AvgIpc) is 3.10. The summed E-state index contributed by atoms with van der Waals surface area (Å²) in [6, 6.07) is 0. The van der Waals surface area contributed by atoms with E-state index in [1.165, 1.54) is 11.3 Å². The van der Waals surface area contributed by atoms with Gasteiger partial charge >= 0.3 is 12.1 Å². The molecule has 0 radical (unpaired) electrons. The van der Waals surface area contributed by atoms with E-state index in [0.29, 0.717) is 11.1 Å². The van der Waals surface area contributed by atoms with E-state index >= 15 is 0 Å². The first kappa shape index (κ1) is 21.6. The summed E-state index contributed by atoms with van der Waals surface area (Å²) in [5.74, 6) is -1.49. The quantitative estimate of drug-likeness (QED) is 0.677. The maximum atomic E-state index is 13.1. The second-order valence-corrected chi connectivity index (χ2v) is 8.44. The number of hydrogen-bond acceptors (Lipinski definition) is 5. The Morgan fingerprint density at radius 1 is 1.28 bits per heavy atom. The number of nitrogens with one attached hydrogen (secondary N) is 1. The molecule has 6 nitrogen and oxygen atoms in total. The molecule has 1 aliphatic rings. The van der Waals surface area contributed by atoms with Crippen LogP contribution in [0.1, 0.15) is 63.7 Å². The summed E-state index contributed by atoms with van der Waals surface area (Å²) >= 11 is 7.03.